The molecule has 0 radical (unpaired) electrons. The summed E-state index contributed by atoms with van der Waals surface area (Å²) in [5, 5.41) is 3.58. The maximum atomic E-state index is 12.6. The molecule has 0 aliphatic carbocycles. The lowest BCUT2D eigenvalue weighted by molar-refractivity contribution is -0.150. The molecule has 1 aromatic heterocycles. The summed E-state index contributed by atoms with van der Waals surface area (Å²) in [6.07, 6.45) is 3.05. The molecule has 0 bridgehead atoms. The zero-order valence-electron chi connectivity index (χ0n) is 28.0. The first-order valence-electron chi connectivity index (χ1n) is 15.7. The predicted molar refractivity (Wildman–Crippen MR) is 175 cm³/mol. The van der Waals surface area contributed by atoms with Gasteiger partial charge in [0.15, 0.2) is 5.82 Å². The number of aromatic nitrogens is 2. The van der Waals surface area contributed by atoms with E-state index in [2.05, 4.69) is 23.3 Å². The molecular formula is C33H46ClN5O7. The number of rotatable bonds is 8. The van der Waals surface area contributed by atoms with Crippen LogP contribution in [0.5, 0.6) is 5.75 Å². The number of carbonyl (C=O) groups is 3. The number of ether oxygens (including phenoxy) is 4. The number of likely N-dealkylation sites (tertiary alicyclic amines) is 1. The number of esters is 2. The van der Waals surface area contributed by atoms with Crippen LogP contribution >= 0.6 is 11.6 Å². The predicted octanol–water partition coefficient (Wildman–Crippen LogP) is 5.87. The van der Waals surface area contributed by atoms with E-state index in [1.807, 2.05) is 40.7 Å². The number of anilines is 3. The van der Waals surface area contributed by atoms with Crippen molar-refractivity contribution < 1.29 is 33.3 Å². The van der Waals surface area contributed by atoms with Gasteiger partial charge < -0.3 is 34.1 Å². The van der Waals surface area contributed by atoms with E-state index in [1.165, 1.54) is 26.0 Å². The smallest absolute Gasteiger partial charge is 0.410 e. The highest BCUT2D eigenvalue weighted by Gasteiger charge is 2.38. The van der Waals surface area contributed by atoms with Crippen molar-refractivity contribution in [1.29, 1.82) is 0 Å². The van der Waals surface area contributed by atoms with E-state index < -0.39 is 29.4 Å². The Morgan fingerprint density at radius 3 is 2.17 bits per heavy atom. The van der Waals surface area contributed by atoms with Crippen LogP contribution in [0.1, 0.15) is 70.9 Å². The summed E-state index contributed by atoms with van der Waals surface area (Å²) in [4.78, 5) is 50.2. The minimum Gasteiger partial charge on any atom is -0.489 e. The molecule has 0 unspecified atom stereocenters. The van der Waals surface area contributed by atoms with Crippen LogP contribution in [-0.4, -0.2) is 85.0 Å². The molecule has 1 N–H and O–H groups in total. The summed E-state index contributed by atoms with van der Waals surface area (Å²) in [5.41, 5.74) is 2.39. The maximum Gasteiger partial charge on any atom is 0.410 e. The first kappa shape index (κ1) is 35.1. The Labute approximate surface area is 276 Å². The molecule has 12 nitrogen and oxygen atoms in total. The monoisotopic (exact) mass is 659 g/mol. The van der Waals surface area contributed by atoms with E-state index in [1.54, 1.807) is 9.80 Å². The number of carbonyl (C=O) groups excluding carboxylic acids is 3. The van der Waals surface area contributed by atoms with Gasteiger partial charge in [0.05, 0.1) is 44.0 Å². The van der Waals surface area contributed by atoms with Gasteiger partial charge in [-0.1, -0.05) is 11.6 Å². The average Bonchev–Trinajstić information content (AvgIpc) is 3.01. The summed E-state index contributed by atoms with van der Waals surface area (Å²) in [6.45, 7) is 13.4. The SMILES string of the molecule is COC(=O)[C@@H]1C[C@H](C(=O)OC)CN(c2nc(Nc3cc(C)c(C4CCN(C(=O)OC(C)(C)C)CC4)cc3OC(C)C)ncc2Cl)C1. The molecule has 0 saturated carbocycles. The first-order chi connectivity index (χ1) is 21.7. The lowest BCUT2D eigenvalue weighted by Crippen LogP contribution is -2.46. The van der Waals surface area contributed by atoms with Crippen molar-refractivity contribution in [2.45, 2.75) is 78.4 Å². The average molecular weight is 660 g/mol. The Morgan fingerprint density at radius 1 is 1.02 bits per heavy atom. The molecule has 46 heavy (non-hydrogen) atoms. The second-order valence-corrected chi connectivity index (χ2v) is 13.6. The molecular weight excluding hydrogens is 614 g/mol. The van der Waals surface area contributed by atoms with Gasteiger partial charge >= 0.3 is 18.0 Å². The second kappa shape index (κ2) is 14.7. The van der Waals surface area contributed by atoms with Crippen LogP contribution in [0.15, 0.2) is 18.3 Å². The largest absolute Gasteiger partial charge is 0.489 e. The Hall–Kier alpha value is -3.80. The number of halogens is 1. The van der Waals surface area contributed by atoms with E-state index in [-0.39, 0.29) is 42.2 Å². The van der Waals surface area contributed by atoms with Gasteiger partial charge in [-0.25, -0.2) is 9.78 Å². The highest BCUT2D eigenvalue weighted by Crippen LogP contribution is 2.39. The van der Waals surface area contributed by atoms with Gasteiger partial charge in [-0.3, -0.25) is 9.59 Å². The molecule has 2 saturated heterocycles. The Morgan fingerprint density at radius 2 is 1.63 bits per heavy atom. The number of nitrogens with one attached hydrogen (secondary N) is 1. The van der Waals surface area contributed by atoms with E-state index in [4.69, 9.17) is 35.5 Å². The van der Waals surface area contributed by atoms with Crippen molar-refractivity contribution in [2.75, 3.05) is 50.6 Å². The third kappa shape index (κ3) is 8.71. The summed E-state index contributed by atoms with van der Waals surface area (Å²) < 4.78 is 21.8. The van der Waals surface area contributed by atoms with Crippen molar-refractivity contribution >= 4 is 47.1 Å². The number of piperidine rings is 2. The zero-order valence-corrected chi connectivity index (χ0v) is 28.8. The van der Waals surface area contributed by atoms with Crippen molar-refractivity contribution in [2.24, 2.45) is 11.8 Å². The van der Waals surface area contributed by atoms with Crippen LogP contribution in [0.2, 0.25) is 5.02 Å². The topological polar surface area (TPSA) is 132 Å². The zero-order chi connectivity index (χ0) is 33.8. The summed E-state index contributed by atoms with van der Waals surface area (Å²) >= 11 is 6.56. The lowest BCUT2D eigenvalue weighted by atomic mass is 9.86. The van der Waals surface area contributed by atoms with E-state index in [0.29, 0.717) is 36.8 Å². The summed E-state index contributed by atoms with van der Waals surface area (Å²) in [5.74, 6) is -0.360. The Bertz CT molecular complexity index is 1400. The molecule has 0 spiro atoms. The molecule has 2 aliphatic heterocycles. The highest BCUT2D eigenvalue weighted by atomic mass is 35.5. The number of nitrogens with zero attached hydrogens (tertiary/aromatic N) is 4. The fourth-order valence-electron chi connectivity index (χ4n) is 6.00. The van der Waals surface area contributed by atoms with Crippen molar-refractivity contribution in [3.63, 3.8) is 0 Å². The number of hydrogen-bond acceptors (Lipinski definition) is 11. The molecule has 2 aliphatic rings. The highest BCUT2D eigenvalue weighted by molar-refractivity contribution is 6.32. The van der Waals surface area contributed by atoms with Crippen molar-refractivity contribution in [3.05, 3.63) is 34.5 Å². The van der Waals surface area contributed by atoms with Gasteiger partial charge in [0.25, 0.3) is 0 Å². The summed E-state index contributed by atoms with van der Waals surface area (Å²) in [7, 11) is 2.65. The first-order valence-corrected chi connectivity index (χ1v) is 16.1. The van der Waals surface area contributed by atoms with Gasteiger partial charge in [-0.15, -0.1) is 0 Å². The molecule has 2 aromatic rings. The standard InChI is InChI=1S/C33H46ClN5O7/c1-19(2)45-27-15-24(21-9-11-38(12-10-21)32(42)46-33(4,5)6)20(3)13-26(27)36-31-35-16-25(34)28(37-31)39-17-22(29(40)43-7)14-23(18-39)30(41)44-8/h13,15-16,19,21-23H,9-12,14,17-18H2,1-8H3,(H,35,36,37)/t22-,23+. The minimum atomic E-state index is -0.553. The fourth-order valence-corrected chi connectivity index (χ4v) is 6.21. The van der Waals surface area contributed by atoms with Crippen LogP contribution < -0.4 is 15.0 Å². The molecule has 252 valence electrons. The third-order valence-corrected chi connectivity index (χ3v) is 8.38. The molecule has 2 fully saturated rings. The quantitative estimate of drug-likeness (QED) is 0.269. The number of methoxy groups -OCH3 is 2. The Kier molecular flexibility index (Phi) is 11.2. The lowest BCUT2D eigenvalue weighted by Gasteiger charge is -2.36. The second-order valence-electron chi connectivity index (χ2n) is 13.2. The molecule has 1 aromatic carbocycles. The van der Waals surface area contributed by atoms with E-state index >= 15 is 0 Å². The third-order valence-electron chi connectivity index (χ3n) is 8.11. The van der Waals surface area contributed by atoms with Gasteiger partial charge in [0.1, 0.15) is 16.4 Å². The van der Waals surface area contributed by atoms with Crippen LogP contribution in [0, 0.1) is 18.8 Å². The van der Waals surface area contributed by atoms with Crippen LogP contribution in [0.25, 0.3) is 0 Å². The molecule has 3 heterocycles. The normalized spacial score (nSPS) is 19.1. The number of hydrogen-bond donors (Lipinski definition) is 1. The molecule has 2 atom stereocenters. The van der Waals surface area contributed by atoms with Crippen LogP contribution in [0.4, 0.5) is 22.2 Å². The molecule has 13 heteroatoms. The maximum absolute atomic E-state index is 12.6. The van der Waals surface area contributed by atoms with Gasteiger partial charge in [-0.2, -0.15) is 4.98 Å². The van der Waals surface area contributed by atoms with E-state index in [0.717, 1.165) is 18.4 Å². The van der Waals surface area contributed by atoms with Crippen LogP contribution in [-0.2, 0) is 23.8 Å². The molecule has 4 rings (SSSR count). The van der Waals surface area contributed by atoms with E-state index in [9.17, 15) is 14.4 Å². The number of amides is 1. The minimum absolute atomic E-state index is 0.0920. The van der Waals surface area contributed by atoms with Gasteiger partial charge in [0, 0.05) is 26.2 Å². The van der Waals surface area contributed by atoms with Crippen molar-refractivity contribution in [1.82, 2.24) is 14.9 Å². The Balaban J connectivity index is 1.57. The number of aryl methyl sites for hydroxylation is 1. The van der Waals surface area contributed by atoms with Gasteiger partial charge in [0.2, 0.25) is 5.95 Å². The summed E-state index contributed by atoms with van der Waals surface area (Å²) in [6, 6.07) is 4.08. The fraction of sp³-hybridized carbons (Fsp3) is 0.606. The number of benzene rings is 1. The van der Waals surface area contributed by atoms with Crippen LogP contribution in [0.3, 0.4) is 0 Å². The van der Waals surface area contributed by atoms with Gasteiger partial charge in [-0.05, 0) is 90.0 Å². The van der Waals surface area contributed by atoms with Crippen molar-refractivity contribution in [3.8, 4) is 5.75 Å². The molecule has 1 amide bonds.